The Bertz CT molecular complexity index is 471. The first kappa shape index (κ1) is 11.6. The summed E-state index contributed by atoms with van der Waals surface area (Å²) in [6.07, 6.45) is 7.64. The molecule has 0 amide bonds. The van der Waals surface area contributed by atoms with Gasteiger partial charge in [0.25, 0.3) is 0 Å². The second-order valence-electron chi connectivity index (χ2n) is 3.63. The van der Waals surface area contributed by atoms with Crippen molar-refractivity contribution < 1.29 is 0 Å². The Kier molecular flexibility index (Phi) is 3.74. The molecule has 5 heteroatoms. The molecule has 0 aromatic carbocycles. The lowest BCUT2D eigenvalue weighted by molar-refractivity contribution is 0.596. The lowest BCUT2D eigenvalue weighted by atomic mass is 10.0. The molecule has 2 heterocycles. The zero-order valence-corrected chi connectivity index (χ0v) is 9.67. The highest BCUT2D eigenvalue weighted by atomic mass is 15.2. The van der Waals surface area contributed by atoms with Gasteiger partial charge in [-0.1, -0.05) is 13.0 Å². The van der Waals surface area contributed by atoms with Crippen molar-refractivity contribution in [1.29, 1.82) is 0 Å². The van der Waals surface area contributed by atoms with E-state index in [-0.39, 0.29) is 6.04 Å². The summed E-state index contributed by atoms with van der Waals surface area (Å²) in [7, 11) is 0. The van der Waals surface area contributed by atoms with E-state index in [0.717, 1.165) is 23.4 Å². The van der Waals surface area contributed by atoms with Gasteiger partial charge < -0.3 is 0 Å². The Morgan fingerprint density at radius 3 is 2.82 bits per heavy atom. The SMILES string of the molecule is CCc1cccnc1C(NN)c1cnccn1. The Morgan fingerprint density at radius 1 is 1.29 bits per heavy atom. The largest absolute Gasteiger partial charge is 0.270 e. The highest BCUT2D eigenvalue weighted by Crippen LogP contribution is 2.20. The summed E-state index contributed by atoms with van der Waals surface area (Å²) >= 11 is 0. The maximum Gasteiger partial charge on any atom is 0.107 e. The molecule has 1 unspecified atom stereocenters. The molecule has 2 aromatic heterocycles. The first-order valence-electron chi connectivity index (χ1n) is 5.52. The first-order valence-corrected chi connectivity index (χ1v) is 5.52. The van der Waals surface area contributed by atoms with E-state index in [1.165, 1.54) is 0 Å². The quantitative estimate of drug-likeness (QED) is 0.604. The maximum atomic E-state index is 5.60. The molecule has 0 saturated carbocycles. The number of nitrogens with zero attached hydrogens (tertiary/aromatic N) is 3. The summed E-state index contributed by atoms with van der Waals surface area (Å²) < 4.78 is 0. The van der Waals surface area contributed by atoms with E-state index in [1.54, 1.807) is 24.8 Å². The number of nitrogens with one attached hydrogen (secondary N) is 1. The molecule has 0 fully saturated rings. The molecule has 0 aliphatic heterocycles. The van der Waals surface area contributed by atoms with Crippen LogP contribution in [0, 0.1) is 0 Å². The van der Waals surface area contributed by atoms with E-state index in [9.17, 15) is 0 Å². The molecule has 0 aliphatic carbocycles. The zero-order chi connectivity index (χ0) is 12.1. The number of aryl methyl sites for hydroxylation is 1. The predicted molar refractivity (Wildman–Crippen MR) is 64.8 cm³/mol. The summed E-state index contributed by atoms with van der Waals surface area (Å²) in [5.74, 6) is 5.60. The minimum atomic E-state index is -0.222. The van der Waals surface area contributed by atoms with Crippen LogP contribution >= 0.6 is 0 Å². The third-order valence-corrected chi connectivity index (χ3v) is 2.63. The monoisotopic (exact) mass is 229 g/mol. The molecule has 17 heavy (non-hydrogen) atoms. The lowest BCUT2D eigenvalue weighted by Gasteiger charge is -2.17. The van der Waals surface area contributed by atoms with Crippen molar-refractivity contribution in [1.82, 2.24) is 20.4 Å². The van der Waals surface area contributed by atoms with Crippen molar-refractivity contribution in [2.24, 2.45) is 5.84 Å². The number of pyridine rings is 1. The third-order valence-electron chi connectivity index (χ3n) is 2.63. The van der Waals surface area contributed by atoms with Crippen LogP contribution < -0.4 is 11.3 Å². The fourth-order valence-electron chi connectivity index (χ4n) is 1.77. The van der Waals surface area contributed by atoms with Crippen LogP contribution in [-0.4, -0.2) is 15.0 Å². The lowest BCUT2D eigenvalue weighted by Crippen LogP contribution is -2.31. The normalized spacial score (nSPS) is 12.4. The number of nitrogens with two attached hydrogens (primary N) is 1. The van der Waals surface area contributed by atoms with Gasteiger partial charge >= 0.3 is 0 Å². The Balaban J connectivity index is 2.42. The Morgan fingerprint density at radius 2 is 2.18 bits per heavy atom. The summed E-state index contributed by atoms with van der Waals surface area (Å²) in [5, 5.41) is 0. The smallest absolute Gasteiger partial charge is 0.107 e. The second-order valence-corrected chi connectivity index (χ2v) is 3.63. The zero-order valence-electron chi connectivity index (χ0n) is 9.67. The van der Waals surface area contributed by atoms with Gasteiger partial charge in [0.15, 0.2) is 0 Å². The maximum absolute atomic E-state index is 5.60. The molecule has 0 aliphatic rings. The van der Waals surface area contributed by atoms with E-state index >= 15 is 0 Å². The Hall–Kier alpha value is -1.85. The van der Waals surface area contributed by atoms with Crippen molar-refractivity contribution in [3.63, 3.8) is 0 Å². The number of hydrazine groups is 1. The first-order chi connectivity index (χ1) is 8.36. The minimum Gasteiger partial charge on any atom is -0.270 e. The average Bonchev–Trinajstić information content (AvgIpc) is 2.41. The van der Waals surface area contributed by atoms with Gasteiger partial charge in [0.2, 0.25) is 0 Å². The topological polar surface area (TPSA) is 76.7 Å². The Labute approximate surface area is 100 Å². The molecular formula is C12H15N5. The van der Waals surface area contributed by atoms with Crippen molar-refractivity contribution in [3.05, 3.63) is 53.9 Å². The molecule has 2 rings (SSSR count). The summed E-state index contributed by atoms with van der Waals surface area (Å²) in [5.41, 5.74) is 5.57. The molecule has 3 N–H and O–H groups in total. The van der Waals surface area contributed by atoms with Crippen LogP contribution in [0.4, 0.5) is 0 Å². The minimum absolute atomic E-state index is 0.222. The molecule has 0 radical (unpaired) electrons. The van der Waals surface area contributed by atoms with Gasteiger partial charge in [-0.25, -0.2) is 5.43 Å². The second kappa shape index (κ2) is 5.47. The van der Waals surface area contributed by atoms with Crippen molar-refractivity contribution in [2.45, 2.75) is 19.4 Å². The highest BCUT2D eigenvalue weighted by Gasteiger charge is 2.17. The third kappa shape index (κ3) is 2.46. The number of aromatic nitrogens is 3. The van der Waals surface area contributed by atoms with E-state index in [1.807, 2.05) is 12.1 Å². The van der Waals surface area contributed by atoms with E-state index < -0.39 is 0 Å². The van der Waals surface area contributed by atoms with Crippen molar-refractivity contribution in [3.8, 4) is 0 Å². The van der Waals surface area contributed by atoms with Crippen LogP contribution in [0.2, 0.25) is 0 Å². The fourth-order valence-corrected chi connectivity index (χ4v) is 1.77. The van der Waals surface area contributed by atoms with Gasteiger partial charge in [-0.3, -0.25) is 20.8 Å². The van der Waals surface area contributed by atoms with Gasteiger partial charge in [0, 0.05) is 18.6 Å². The predicted octanol–water partition coefficient (Wildman–Crippen LogP) is 0.987. The van der Waals surface area contributed by atoms with Crippen LogP contribution in [0.15, 0.2) is 36.9 Å². The fraction of sp³-hybridized carbons (Fsp3) is 0.250. The molecular weight excluding hydrogens is 214 g/mol. The van der Waals surface area contributed by atoms with E-state index in [2.05, 4.69) is 27.3 Å². The number of hydrogen-bond donors (Lipinski definition) is 2. The molecule has 0 spiro atoms. The molecule has 0 bridgehead atoms. The average molecular weight is 229 g/mol. The van der Waals surface area contributed by atoms with Gasteiger partial charge in [-0.05, 0) is 18.1 Å². The summed E-state index contributed by atoms with van der Waals surface area (Å²) in [6, 6.07) is 3.75. The van der Waals surface area contributed by atoms with Crippen molar-refractivity contribution >= 4 is 0 Å². The van der Waals surface area contributed by atoms with Crippen LogP contribution in [-0.2, 0) is 6.42 Å². The van der Waals surface area contributed by atoms with Gasteiger partial charge in [-0.15, -0.1) is 0 Å². The van der Waals surface area contributed by atoms with Crippen LogP contribution in [0.25, 0.3) is 0 Å². The van der Waals surface area contributed by atoms with Gasteiger partial charge in [-0.2, -0.15) is 0 Å². The summed E-state index contributed by atoms with van der Waals surface area (Å²) in [6.45, 7) is 2.09. The van der Waals surface area contributed by atoms with E-state index in [4.69, 9.17) is 5.84 Å². The molecule has 1 atom stereocenters. The summed E-state index contributed by atoms with van der Waals surface area (Å²) in [4.78, 5) is 12.7. The van der Waals surface area contributed by atoms with Crippen LogP contribution in [0.3, 0.4) is 0 Å². The number of hydrogen-bond acceptors (Lipinski definition) is 5. The van der Waals surface area contributed by atoms with E-state index in [0.29, 0.717) is 0 Å². The molecule has 5 nitrogen and oxygen atoms in total. The molecule has 0 saturated heterocycles. The highest BCUT2D eigenvalue weighted by molar-refractivity contribution is 5.28. The van der Waals surface area contributed by atoms with Gasteiger partial charge in [0.1, 0.15) is 6.04 Å². The van der Waals surface area contributed by atoms with Crippen LogP contribution in [0.5, 0.6) is 0 Å². The standard InChI is InChI=1S/C12H15N5/c1-2-9-4-3-5-16-11(9)12(17-13)10-8-14-6-7-15-10/h3-8,12,17H,2,13H2,1H3. The number of rotatable bonds is 4. The van der Waals surface area contributed by atoms with Crippen molar-refractivity contribution in [2.75, 3.05) is 0 Å². The van der Waals surface area contributed by atoms with Gasteiger partial charge in [0.05, 0.1) is 17.6 Å². The molecule has 2 aromatic rings. The van der Waals surface area contributed by atoms with Crippen LogP contribution in [0.1, 0.15) is 29.9 Å². The molecule has 88 valence electrons.